The summed E-state index contributed by atoms with van der Waals surface area (Å²) in [4.78, 5) is 43.6. The lowest BCUT2D eigenvalue weighted by Gasteiger charge is -2.32. The van der Waals surface area contributed by atoms with Crippen LogP contribution in [0.15, 0.2) is 126 Å². The second-order valence-corrected chi connectivity index (χ2v) is 15.8. The Morgan fingerprint density at radius 3 is 2.41 bits per heavy atom. The van der Waals surface area contributed by atoms with E-state index in [1.54, 1.807) is 6.07 Å². The lowest BCUT2D eigenvalue weighted by Crippen LogP contribution is -2.35. The Balaban J connectivity index is 0.879. The molecule has 1 aromatic heterocycles. The number of aliphatic hydroxyl groups is 1. The monoisotopic (exact) mass is 856 g/mol. The van der Waals surface area contributed by atoms with Crippen molar-refractivity contribution in [2.45, 2.75) is 44.4 Å². The van der Waals surface area contributed by atoms with E-state index in [0.717, 1.165) is 43.6 Å². The number of hydrogen-bond donors (Lipinski definition) is 5. The predicted molar refractivity (Wildman–Crippen MR) is 238 cm³/mol. The van der Waals surface area contributed by atoms with Gasteiger partial charge in [0.1, 0.15) is 29.0 Å². The minimum Gasteiger partial charge on any atom is -0.506 e. The summed E-state index contributed by atoms with van der Waals surface area (Å²) >= 11 is 0. The summed E-state index contributed by atoms with van der Waals surface area (Å²) in [7, 11) is 1.42. The van der Waals surface area contributed by atoms with E-state index in [0.29, 0.717) is 41.2 Å². The van der Waals surface area contributed by atoms with Gasteiger partial charge in [-0.05, 0) is 96.9 Å². The van der Waals surface area contributed by atoms with Gasteiger partial charge in [-0.3, -0.25) is 19.3 Å². The SMILES string of the molecule is COc1cc(C(=O)NCCCOc2cccc(C(C(=O)OCC3CCN(Cc4ccccc4)CC3)c3ccccc3)c2)c(F)cc1CNC[C@H](O)c1ccc(O)c2[nH]c(=O)ccc12. The van der Waals surface area contributed by atoms with Crippen LogP contribution in [-0.4, -0.2) is 78.5 Å². The molecule has 5 N–H and O–H groups in total. The third-order valence-corrected chi connectivity index (χ3v) is 11.4. The molecule has 5 aromatic carbocycles. The average molecular weight is 857 g/mol. The minimum atomic E-state index is -1.02. The van der Waals surface area contributed by atoms with Gasteiger partial charge in [0.05, 0.1) is 37.5 Å². The highest BCUT2D eigenvalue weighted by Gasteiger charge is 2.27. The number of rotatable bonds is 19. The number of halogens is 1. The molecule has 1 saturated heterocycles. The number of phenols is 1. The second-order valence-electron chi connectivity index (χ2n) is 15.8. The molecular weight excluding hydrogens is 804 g/mol. The fraction of sp³-hybridized carbons (Fsp3) is 0.300. The molecule has 0 aliphatic carbocycles. The molecule has 0 saturated carbocycles. The molecule has 2 atom stereocenters. The lowest BCUT2D eigenvalue weighted by atomic mass is 9.91. The third kappa shape index (κ3) is 11.7. The Hall–Kier alpha value is -6.54. The Bertz CT molecular complexity index is 2530. The number of carbonyl (C=O) groups is 2. The van der Waals surface area contributed by atoms with Crippen LogP contribution in [0.4, 0.5) is 4.39 Å². The number of nitrogens with one attached hydrogen (secondary N) is 3. The van der Waals surface area contributed by atoms with E-state index >= 15 is 4.39 Å². The maximum atomic E-state index is 15.3. The van der Waals surface area contributed by atoms with Crippen molar-refractivity contribution in [1.82, 2.24) is 20.5 Å². The number of phenolic OH excluding ortho intramolecular Hbond substituents is 1. The lowest BCUT2D eigenvalue weighted by molar-refractivity contribution is -0.146. The number of aromatic amines is 1. The van der Waals surface area contributed by atoms with E-state index in [-0.39, 0.29) is 60.3 Å². The molecule has 7 rings (SSSR count). The molecule has 1 unspecified atom stereocenters. The fourth-order valence-electron chi connectivity index (χ4n) is 7.99. The summed E-state index contributed by atoms with van der Waals surface area (Å²) in [5.74, 6) is -1.24. The van der Waals surface area contributed by atoms with Gasteiger partial charge in [0, 0.05) is 43.2 Å². The van der Waals surface area contributed by atoms with E-state index in [1.807, 2.05) is 60.7 Å². The van der Waals surface area contributed by atoms with E-state index in [4.69, 9.17) is 14.2 Å². The van der Waals surface area contributed by atoms with Gasteiger partial charge in [-0.15, -0.1) is 0 Å². The smallest absolute Gasteiger partial charge is 0.317 e. The zero-order valence-corrected chi connectivity index (χ0v) is 35.2. The summed E-state index contributed by atoms with van der Waals surface area (Å²) in [5, 5.41) is 27.4. The number of carbonyl (C=O) groups excluding carboxylic acids is 2. The Morgan fingerprint density at radius 2 is 1.65 bits per heavy atom. The van der Waals surface area contributed by atoms with Crippen LogP contribution in [0.1, 0.15) is 69.5 Å². The van der Waals surface area contributed by atoms with Gasteiger partial charge in [0.25, 0.3) is 5.91 Å². The average Bonchev–Trinajstić information content (AvgIpc) is 3.30. The summed E-state index contributed by atoms with van der Waals surface area (Å²) in [6, 6.07) is 35.8. The number of ether oxygens (including phenoxy) is 3. The molecule has 1 aliphatic rings. The second kappa shape index (κ2) is 21.5. The van der Waals surface area contributed by atoms with Crippen molar-refractivity contribution in [3.63, 3.8) is 0 Å². The van der Waals surface area contributed by atoms with Gasteiger partial charge in [-0.2, -0.15) is 0 Å². The van der Waals surface area contributed by atoms with Gasteiger partial charge in [0.15, 0.2) is 0 Å². The number of benzene rings is 5. The van der Waals surface area contributed by atoms with Crippen LogP contribution in [0, 0.1) is 11.7 Å². The number of nitrogens with zero attached hydrogens (tertiary/aromatic N) is 1. The highest BCUT2D eigenvalue weighted by atomic mass is 19.1. The van der Waals surface area contributed by atoms with E-state index in [9.17, 15) is 24.6 Å². The molecule has 0 bridgehead atoms. The van der Waals surface area contributed by atoms with Crippen LogP contribution < -0.4 is 25.7 Å². The number of fused-ring (bicyclic) bond motifs is 1. The first-order chi connectivity index (χ1) is 30.7. The van der Waals surface area contributed by atoms with Crippen LogP contribution in [-0.2, 0) is 22.6 Å². The topological polar surface area (TPSA) is 162 Å². The number of methoxy groups -OCH3 is 1. The van der Waals surface area contributed by atoms with Gasteiger partial charge in [-0.25, -0.2) is 4.39 Å². The number of aromatic nitrogens is 1. The number of aliphatic hydroxyl groups excluding tert-OH is 1. The van der Waals surface area contributed by atoms with Crippen molar-refractivity contribution >= 4 is 22.8 Å². The van der Waals surface area contributed by atoms with Crippen LogP contribution in [0.5, 0.6) is 17.2 Å². The Morgan fingerprint density at radius 1 is 0.905 bits per heavy atom. The van der Waals surface area contributed by atoms with Crippen molar-refractivity contribution < 1.29 is 38.4 Å². The summed E-state index contributed by atoms with van der Waals surface area (Å²) in [6.07, 6.45) is 1.35. The third-order valence-electron chi connectivity index (χ3n) is 11.4. The number of H-pyrrole nitrogens is 1. The molecule has 0 spiro atoms. The molecule has 6 aromatic rings. The molecule has 1 fully saturated rings. The standard InChI is InChI=1S/C50H53FN4O8/c1-61-45-28-41(42(51)27-37(45)29-52-30-44(57)39-16-18-43(56)48-40(39)17-19-46(58)54-48)49(59)53-22-9-25-62-38-15-8-14-36(26-38)47(35-12-6-3-7-13-35)50(60)63-32-34-20-23-55(24-21-34)31-33-10-4-2-5-11-33/h2-8,10-19,26-28,34,44,47,52,56-57H,9,20-25,29-32H2,1H3,(H,53,59)(H,54,58)/t44-,47?/m0/s1. The number of piperidine rings is 1. The normalized spacial score (nSPS) is 14.2. The Kier molecular flexibility index (Phi) is 15.2. The summed E-state index contributed by atoms with van der Waals surface area (Å²) in [5.41, 5.74) is 3.46. The highest BCUT2D eigenvalue weighted by Crippen LogP contribution is 2.31. The van der Waals surface area contributed by atoms with Crippen molar-refractivity contribution in [2.24, 2.45) is 5.92 Å². The summed E-state index contributed by atoms with van der Waals surface area (Å²) < 4.78 is 32.8. The maximum Gasteiger partial charge on any atom is 0.317 e. The number of likely N-dealkylation sites (tertiary alicyclic amines) is 1. The molecule has 12 nitrogen and oxygen atoms in total. The van der Waals surface area contributed by atoms with Crippen molar-refractivity contribution in [3.05, 3.63) is 171 Å². The first-order valence-corrected chi connectivity index (χ1v) is 21.3. The van der Waals surface area contributed by atoms with E-state index < -0.39 is 23.7 Å². The molecule has 13 heteroatoms. The van der Waals surface area contributed by atoms with E-state index in [1.165, 1.54) is 43.0 Å². The molecule has 2 heterocycles. The number of esters is 1. The first-order valence-electron chi connectivity index (χ1n) is 21.3. The molecule has 1 amide bonds. The van der Waals surface area contributed by atoms with E-state index in [2.05, 4.69) is 44.8 Å². The number of hydrogen-bond acceptors (Lipinski definition) is 10. The molecular formula is C50H53FN4O8. The van der Waals surface area contributed by atoms with Gasteiger partial charge in [-0.1, -0.05) is 78.9 Å². The molecule has 63 heavy (non-hydrogen) atoms. The van der Waals surface area contributed by atoms with Gasteiger partial charge in [0.2, 0.25) is 5.56 Å². The van der Waals surface area contributed by atoms with Crippen LogP contribution in [0.25, 0.3) is 10.9 Å². The van der Waals surface area contributed by atoms with Crippen LogP contribution in [0.3, 0.4) is 0 Å². The number of amides is 1. The van der Waals surface area contributed by atoms with Crippen molar-refractivity contribution in [2.75, 3.05) is 46.5 Å². The van der Waals surface area contributed by atoms with Crippen molar-refractivity contribution in [1.29, 1.82) is 0 Å². The highest BCUT2D eigenvalue weighted by molar-refractivity contribution is 5.95. The molecule has 328 valence electrons. The largest absolute Gasteiger partial charge is 0.506 e. The van der Waals surface area contributed by atoms with Crippen LogP contribution >= 0.6 is 0 Å². The maximum absolute atomic E-state index is 15.3. The summed E-state index contributed by atoms with van der Waals surface area (Å²) in [6.45, 7) is 3.87. The Labute approximate surface area is 365 Å². The fourth-order valence-corrected chi connectivity index (χ4v) is 7.99. The van der Waals surface area contributed by atoms with Gasteiger partial charge < -0.3 is 40.0 Å². The predicted octanol–water partition coefficient (Wildman–Crippen LogP) is 6.99. The van der Waals surface area contributed by atoms with Crippen molar-refractivity contribution in [3.8, 4) is 17.2 Å². The van der Waals surface area contributed by atoms with Gasteiger partial charge >= 0.3 is 5.97 Å². The zero-order chi connectivity index (χ0) is 44.1. The quantitative estimate of drug-likeness (QED) is 0.0424. The number of pyridine rings is 1. The zero-order valence-electron chi connectivity index (χ0n) is 35.2. The molecule has 0 radical (unpaired) electrons. The molecule has 1 aliphatic heterocycles. The van der Waals surface area contributed by atoms with Crippen LogP contribution in [0.2, 0.25) is 0 Å². The first kappa shape index (κ1) is 44.5. The minimum absolute atomic E-state index is 0.0640. The number of aromatic hydroxyl groups is 1.